The Morgan fingerprint density at radius 2 is 1.94 bits per heavy atom. The first-order chi connectivity index (χ1) is 8.58. The first-order valence-corrected chi connectivity index (χ1v) is 8.55. The Kier molecular flexibility index (Phi) is 6.68. The molecule has 0 radical (unpaired) electrons. The standard InChI is InChI=1S/C15H28BrNO/c1-4-8-15(11-16,9-5-2)12-17-10-6-7-13(3)14(17)18/h13H,4-12H2,1-3H3. The maximum absolute atomic E-state index is 12.2. The molecule has 1 unspecified atom stereocenters. The van der Waals surface area contributed by atoms with E-state index in [1.807, 2.05) is 0 Å². The fraction of sp³-hybridized carbons (Fsp3) is 0.933. The van der Waals surface area contributed by atoms with Gasteiger partial charge in [-0.05, 0) is 31.1 Å². The quantitative estimate of drug-likeness (QED) is 0.643. The summed E-state index contributed by atoms with van der Waals surface area (Å²) in [6, 6.07) is 0. The summed E-state index contributed by atoms with van der Waals surface area (Å²) in [4.78, 5) is 14.4. The van der Waals surface area contributed by atoms with Crippen molar-refractivity contribution in [1.29, 1.82) is 0 Å². The summed E-state index contributed by atoms with van der Waals surface area (Å²) in [5, 5.41) is 1.01. The second kappa shape index (κ2) is 7.52. The molecular formula is C15H28BrNO. The summed E-state index contributed by atoms with van der Waals surface area (Å²) in [7, 11) is 0. The molecule has 106 valence electrons. The number of carbonyl (C=O) groups excluding carboxylic acids is 1. The fourth-order valence-corrected chi connectivity index (χ4v) is 3.95. The highest BCUT2D eigenvalue weighted by Gasteiger charge is 2.34. The number of alkyl halides is 1. The van der Waals surface area contributed by atoms with E-state index in [9.17, 15) is 4.79 Å². The molecule has 1 fully saturated rings. The molecule has 2 nitrogen and oxygen atoms in total. The van der Waals surface area contributed by atoms with Crippen molar-refractivity contribution in [3.63, 3.8) is 0 Å². The van der Waals surface area contributed by atoms with Gasteiger partial charge in [0.15, 0.2) is 0 Å². The average molecular weight is 318 g/mol. The van der Waals surface area contributed by atoms with Crippen LogP contribution in [0.5, 0.6) is 0 Å². The summed E-state index contributed by atoms with van der Waals surface area (Å²) in [5.74, 6) is 0.605. The molecule has 1 aliphatic heterocycles. The maximum Gasteiger partial charge on any atom is 0.225 e. The van der Waals surface area contributed by atoms with Crippen LogP contribution in [-0.4, -0.2) is 29.2 Å². The van der Waals surface area contributed by atoms with Gasteiger partial charge in [0.25, 0.3) is 0 Å². The van der Waals surface area contributed by atoms with Crippen LogP contribution in [0.25, 0.3) is 0 Å². The van der Waals surface area contributed by atoms with Crippen LogP contribution in [0.3, 0.4) is 0 Å². The van der Waals surface area contributed by atoms with Gasteiger partial charge < -0.3 is 4.90 Å². The molecule has 0 aliphatic carbocycles. The van der Waals surface area contributed by atoms with Crippen molar-refractivity contribution in [2.75, 3.05) is 18.4 Å². The summed E-state index contributed by atoms with van der Waals surface area (Å²) in [6.07, 6.45) is 7.06. The van der Waals surface area contributed by atoms with Crippen LogP contribution in [0.4, 0.5) is 0 Å². The highest BCUT2D eigenvalue weighted by molar-refractivity contribution is 9.09. The predicted octanol–water partition coefficient (Wildman–Crippen LogP) is 4.23. The molecule has 0 aromatic carbocycles. The largest absolute Gasteiger partial charge is 0.342 e. The Balaban J connectivity index is 2.72. The number of likely N-dealkylation sites (tertiary alicyclic amines) is 1. The number of halogens is 1. The van der Waals surface area contributed by atoms with Crippen molar-refractivity contribution in [3.8, 4) is 0 Å². The minimum absolute atomic E-state index is 0.232. The second-order valence-corrected chi connectivity index (χ2v) is 6.50. The third-order valence-electron chi connectivity index (χ3n) is 4.17. The van der Waals surface area contributed by atoms with E-state index >= 15 is 0 Å². The number of hydrogen-bond donors (Lipinski definition) is 0. The minimum Gasteiger partial charge on any atom is -0.342 e. The van der Waals surface area contributed by atoms with Gasteiger partial charge in [0.1, 0.15) is 0 Å². The lowest BCUT2D eigenvalue weighted by Crippen LogP contribution is -2.47. The van der Waals surface area contributed by atoms with Crippen LogP contribution in [0.2, 0.25) is 0 Å². The first kappa shape index (κ1) is 16.0. The first-order valence-electron chi connectivity index (χ1n) is 7.43. The molecule has 0 aromatic rings. The average Bonchev–Trinajstić information content (AvgIpc) is 2.35. The van der Waals surface area contributed by atoms with Crippen LogP contribution < -0.4 is 0 Å². The van der Waals surface area contributed by atoms with E-state index in [0.29, 0.717) is 5.91 Å². The van der Waals surface area contributed by atoms with Gasteiger partial charge in [-0.25, -0.2) is 0 Å². The van der Waals surface area contributed by atoms with Crippen LogP contribution in [0, 0.1) is 11.3 Å². The lowest BCUT2D eigenvalue weighted by molar-refractivity contribution is -0.139. The lowest BCUT2D eigenvalue weighted by atomic mass is 9.80. The number of piperidine rings is 1. The van der Waals surface area contributed by atoms with Crippen molar-refractivity contribution < 1.29 is 4.79 Å². The zero-order valence-corrected chi connectivity index (χ0v) is 13.8. The number of nitrogens with zero attached hydrogens (tertiary/aromatic N) is 1. The molecule has 1 aliphatic rings. The molecule has 0 spiro atoms. The zero-order valence-electron chi connectivity index (χ0n) is 12.2. The van der Waals surface area contributed by atoms with Gasteiger partial charge in [-0.15, -0.1) is 0 Å². The Labute approximate surface area is 121 Å². The molecule has 1 rings (SSSR count). The van der Waals surface area contributed by atoms with Gasteiger partial charge in [-0.2, -0.15) is 0 Å². The highest BCUT2D eigenvalue weighted by Crippen LogP contribution is 2.34. The maximum atomic E-state index is 12.2. The SMILES string of the molecule is CCCC(CBr)(CCC)CN1CCCC(C)C1=O. The predicted molar refractivity (Wildman–Crippen MR) is 81.0 cm³/mol. The Bertz CT molecular complexity index is 261. The fourth-order valence-electron chi connectivity index (χ4n) is 3.22. The van der Waals surface area contributed by atoms with Crippen LogP contribution in [-0.2, 0) is 4.79 Å². The monoisotopic (exact) mass is 317 g/mol. The summed E-state index contributed by atoms with van der Waals surface area (Å²) in [6.45, 7) is 8.47. The van der Waals surface area contributed by atoms with Crippen molar-refractivity contribution in [3.05, 3.63) is 0 Å². The minimum atomic E-state index is 0.232. The van der Waals surface area contributed by atoms with Gasteiger partial charge in [-0.1, -0.05) is 49.5 Å². The van der Waals surface area contributed by atoms with Crippen molar-refractivity contribution in [1.82, 2.24) is 4.90 Å². The molecule has 1 amide bonds. The zero-order chi connectivity index (χ0) is 13.6. The Morgan fingerprint density at radius 3 is 2.44 bits per heavy atom. The van der Waals surface area contributed by atoms with E-state index in [1.54, 1.807) is 0 Å². The molecule has 1 saturated heterocycles. The summed E-state index contributed by atoms with van der Waals surface area (Å²) in [5.41, 5.74) is 0.288. The highest BCUT2D eigenvalue weighted by atomic mass is 79.9. The van der Waals surface area contributed by atoms with Gasteiger partial charge in [-0.3, -0.25) is 4.79 Å². The van der Waals surface area contributed by atoms with Gasteiger partial charge in [0, 0.05) is 24.3 Å². The number of carbonyl (C=O) groups is 1. The van der Waals surface area contributed by atoms with Crippen molar-refractivity contribution >= 4 is 21.8 Å². The molecule has 0 saturated carbocycles. The third-order valence-corrected chi connectivity index (χ3v) is 5.36. The van der Waals surface area contributed by atoms with Gasteiger partial charge in [0.2, 0.25) is 5.91 Å². The molecule has 0 N–H and O–H groups in total. The lowest BCUT2D eigenvalue weighted by Gasteiger charge is -2.40. The summed E-state index contributed by atoms with van der Waals surface area (Å²) < 4.78 is 0. The Hall–Kier alpha value is -0.0500. The number of hydrogen-bond acceptors (Lipinski definition) is 1. The molecule has 3 heteroatoms. The number of amides is 1. The van der Waals surface area contributed by atoms with Crippen LogP contribution in [0.15, 0.2) is 0 Å². The molecule has 0 bridgehead atoms. The molecule has 18 heavy (non-hydrogen) atoms. The van der Waals surface area contributed by atoms with E-state index in [0.717, 1.165) is 24.8 Å². The number of rotatable bonds is 7. The normalized spacial score (nSPS) is 21.4. The van der Waals surface area contributed by atoms with E-state index in [-0.39, 0.29) is 11.3 Å². The van der Waals surface area contributed by atoms with E-state index < -0.39 is 0 Å². The molecule has 1 atom stereocenters. The molecule has 1 heterocycles. The second-order valence-electron chi connectivity index (χ2n) is 5.94. The van der Waals surface area contributed by atoms with Crippen LogP contribution in [0.1, 0.15) is 59.3 Å². The van der Waals surface area contributed by atoms with Crippen LogP contribution >= 0.6 is 15.9 Å². The molecule has 0 aromatic heterocycles. The van der Waals surface area contributed by atoms with Crippen molar-refractivity contribution in [2.24, 2.45) is 11.3 Å². The van der Waals surface area contributed by atoms with E-state index in [1.165, 1.54) is 32.1 Å². The van der Waals surface area contributed by atoms with E-state index in [2.05, 4.69) is 41.6 Å². The smallest absolute Gasteiger partial charge is 0.225 e. The summed E-state index contributed by atoms with van der Waals surface area (Å²) >= 11 is 3.70. The molecular weight excluding hydrogens is 290 g/mol. The van der Waals surface area contributed by atoms with Crippen molar-refractivity contribution in [2.45, 2.75) is 59.3 Å². The topological polar surface area (TPSA) is 20.3 Å². The third kappa shape index (κ3) is 3.97. The Morgan fingerprint density at radius 1 is 1.33 bits per heavy atom. The van der Waals surface area contributed by atoms with Gasteiger partial charge >= 0.3 is 0 Å². The van der Waals surface area contributed by atoms with Gasteiger partial charge in [0.05, 0.1) is 0 Å². The van der Waals surface area contributed by atoms with E-state index in [4.69, 9.17) is 0 Å².